The van der Waals surface area contributed by atoms with Crippen molar-refractivity contribution in [3.63, 3.8) is 0 Å². The van der Waals surface area contributed by atoms with Crippen LogP contribution in [-0.4, -0.2) is 103 Å². The molecular formula is C23H32FN7O4. The third-order valence-electron chi connectivity index (χ3n) is 6.01. The van der Waals surface area contributed by atoms with Crippen LogP contribution in [0.15, 0.2) is 36.0 Å². The predicted octanol–water partition coefficient (Wildman–Crippen LogP) is -0.282. The summed E-state index contributed by atoms with van der Waals surface area (Å²) in [6.07, 6.45) is 1.96. The smallest absolute Gasteiger partial charge is 0.295 e. The molecule has 1 aromatic rings. The average Bonchev–Trinajstić information content (AvgIpc) is 3.56. The molecule has 0 aliphatic carbocycles. The number of benzene rings is 1. The second-order valence-corrected chi connectivity index (χ2v) is 8.69. The zero-order valence-electron chi connectivity index (χ0n) is 20.4. The van der Waals surface area contributed by atoms with E-state index < -0.39 is 23.4 Å². The van der Waals surface area contributed by atoms with E-state index in [1.807, 2.05) is 0 Å². The lowest BCUT2D eigenvalue weighted by atomic mass is 10.2. The van der Waals surface area contributed by atoms with Crippen LogP contribution >= 0.6 is 0 Å². The number of carbonyl (C=O) groups is 3. The fraction of sp³-hybridized carbons (Fsp3) is 0.478. The molecule has 3 rings (SSSR count). The maximum absolute atomic E-state index is 13.3. The van der Waals surface area contributed by atoms with Crippen LogP contribution in [0.3, 0.4) is 0 Å². The van der Waals surface area contributed by atoms with E-state index in [-0.39, 0.29) is 17.3 Å². The van der Waals surface area contributed by atoms with Crippen molar-refractivity contribution in [3.8, 4) is 0 Å². The van der Waals surface area contributed by atoms with Crippen LogP contribution in [0.2, 0.25) is 0 Å². The lowest BCUT2D eigenvalue weighted by Crippen LogP contribution is -2.50. The van der Waals surface area contributed by atoms with Gasteiger partial charge in [0.05, 0.1) is 7.11 Å². The Hall–Kier alpha value is -3.35. The highest BCUT2D eigenvalue weighted by Gasteiger charge is 2.58. The normalized spacial score (nSPS) is 22.7. The van der Waals surface area contributed by atoms with Crippen molar-refractivity contribution < 1.29 is 23.5 Å². The fourth-order valence-electron chi connectivity index (χ4n) is 3.83. The minimum Gasteiger partial charge on any atom is -0.481 e. The van der Waals surface area contributed by atoms with Crippen LogP contribution in [0.1, 0.15) is 12.0 Å². The Bertz CT molecular complexity index is 1010. The molecule has 0 bridgehead atoms. The number of nitrogens with zero attached hydrogens (tertiary/aromatic N) is 4. The van der Waals surface area contributed by atoms with Crippen molar-refractivity contribution in [2.75, 3.05) is 54.4 Å². The average molecular weight is 490 g/mol. The van der Waals surface area contributed by atoms with Gasteiger partial charge in [-0.25, -0.2) is 9.82 Å². The SMILES string of the molecule is COC(=N)/C(=C\NC1(C(=O)C(=O)N(C)C)NN1C)C(=O)N1CCCN(Cc2ccc(F)cc2)CC1. The summed E-state index contributed by atoms with van der Waals surface area (Å²) in [5.41, 5.74) is 3.69. The number of rotatable bonds is 8. The number of carbonyl (C=O) groups excluding carboxylic acids is 3. The molecule has 2 fully saturated rings. The Labute approximate surface area is 203 Å². The van der Waals surface area contributed by atoms with Gasteiger partial charge in [-0.05, 0) is 24.1 Å². The first-order valence-corrected chi connectivity index (χ1v) is 11.2. The number of hydrogen-bond acceptors (Lipinski definition) is 9. The van der Waals surface area contributed by atoms with Gasteiger partial charge in [0.25, 0.3) is 17.6 Å². The summed E-state index contributed by atoms with van der Waals surface area (Å²) >= 11 is 0. The summed E-state index contributed by atoms with van der Waals surface area (Å²) in [5, 5.41) is 12.3. The first-order chi connectivity index (χ1) is 16.6. The number of ether oxygens (including phenoxy) is 1. The Balaban J connectivity index is 1.70. The molecule has 3 N–H and O–H groups in total. The number of halogens is 1. The lowest BCUT2D eigenvalue weighted by Gasteiger charge is -2.23. The molecule has 0 spiro atoms. The van der Waals surface area contributed by atoms with Gasteiger partial charge in [-0.3, -0.25) is 24.7 Å². The Morgan fingerprint density at radius 1 is 1.20 bits per heavy atom. The van der Waals surface area contributed by atoms with Crippen LogP contribution in [-0.2, 0) is 25.7 Å². The lowest BCUT2D eigenvalue weighted by molar-refractivity contribution is -0.145. The fourth-order valence-corrected chi connectivity index (χ4v) is 3.83. The maximum Gasteiger partial charge on any atom is 0.295 e. The van der Waals surface area contributed by atoms with E-state index in [1.54, 1.807) is 24.1 Å². The molecule has 190 valence electrons. The summed E-state index contributed by atoms with van der Waals surface area (Å²) in [6.45, 7) is 2.92. The van der Waals surface area contributed by atoms with E-state index in [0.717, 1.165) is 18.5 Å². The molecular weight excluding hydrogens is 457 g/mol. The number of amides is 2. The maximum atomic E-state index is 13.3. The highest BCUT2D eigenvalue weighted by Crippen LogP contribution is 2.22. The molecule has 11 nitrogen and oxygen atoms in total. The third-order valence-corrected chi connectivity index (χ3v) is 6.01. The molecule has 1 aromatic carbocycles. The molecule has 0 radical (unpaired) electrons. The van der Waals surface area contributed by atoms with E-state index in [0.29, 0.717) is 26.2 Å². The zero-order chi connectivity index (χ0) is 25.8. The van der Waals surface area contributed by atoms with Gasteiger partial charge in [0.15, 0.2) is 0 Å². The number of nitrogens with one attached hydrogen (secondary N) is 3. The highest BCUT2D eigenvalue weighted by atomic mass is 19.1. The van der Waals surface area contributed by atoms with Crippen LogP contribution in [0.25, 0.3) is 0 Å². The van der Waals surface area contributed by atoms with E-state index in [2.05, 4.69) is 15.6 Å². The van der Waals surface area contributed by atoms with Crippen LogP contribution in [0.5, 0.6) is 0 Å². The topological polar surface area (TPSA) is 131 Å². The number of Topliss-reactive ketones (excluding diaryl/α,β-unsaturated/α-hetero) is 1. The molecule has 0 aromatic heterocycles. The van der Waals surface area contributed by atoms with Crippen molar-refractivity contribution in [2.45, 2.75) is 18.8 Å². The number of methoxy groups -OCH3 is 1. The first-order valence-electron chi connectivity index (χ1n) is 11.2. The second kappa shape index (κ2) is 10.9. The molecule has 2 heterocycles. The van der Waals surface area contributed by atoms with E-state index in [1.165, 1.54) is 49.4 Å². The summed E-state index contributed by atoms with van der Waals surface area (Å²) in [4.78, 5) is 43.2. The summed E-state index contributed by atoms with van der Waals surface area (Å²) in [5.74, 6) is -4.02. The van der Waals surface area contributed by atoms with Gasteiger partial charge >= 0.3 is 0 Å². The Morgan fingerprint density at radius 2 is 1.86 bits per heavy atom. The van der Waals surface area contributed by atoms with Gasteiger partial charge in [0.1, 0.15) is 11.4 Å². The zero-order valence-corrected chi connectivity index (χ0v) is 20.4. The third kappa shape index (κ3) is 6.02. The van der Waals surface area contributed by atoms with Gasteiger partial charge in [-0.15, -0.1) is 0 Å². The molecule has 2 unspecified atom stereocenters. The molecule has 0 saturated carbocycles. The largest absolute Gasteiger partial charge is 0.481 e. The quantitative estimate of drug-likeness (QED) is 0.149. The molecule has 35 heavy (non-hydrogen) atoms. The van der Waals surface area contributed by atoms with Crippen molar-refractivity contribution in [3.05, 3.63) is 47.4 Å². The van der Waals surface area contributed by atoms with Crippen molar-refractivity contribution in [2.24, 2.45) is 0 Å². The van der Waals surface area contributed by atoms with E-state index >= 15 is 0 Å². The number of likely N-dealkylation sites (N-methyl/N-ethyl adjacent to an activating group) is 2. The van der Waals surface area contributed by atoms with Crippen LogP contribution in [0, 0.1) is 11.2 Å². The van der Waals surface area contributed by atoms with Gasteiger partial charge in [-0.1, -0.05) is 12.1 Å². The molecule has 12 heteroatoms. The molecule has 2 saturated heterocycles. The minimum atomic E-state index is -1.49. The predicted molar refractivity (Wildman–Crippen MR) is 126 cm³/mol. The molecule has 2 aliphatic rings. The van der Waals surface area contributed by atoms with Crippen LogP contribution in [0.4, 0.5) is 4.39 Å². The van der Waals surface area contributed by atoms with Crippen molar-refractivity contribution >= 4 is 23.5 Å². The van der Waals surface area contributed by atoms with Crippen molar-refractivity contribution in [1.82, 2.24) is 30.5 Å². The molecule has 2 aliphatic heterocycles. The highest BCUT2D eigenvalue weighted by molar-refractivity contribution is 6.39. The van der Waals surface area contributed by atoms with Crippen LogP contribution < -0.4 is 10.7 Å². The summed E-state index contributed by atoms with van der Waals surface area (Å²) in [7, 11) is 5.81. The first kappa shape index (κ1) is 26.3. The number of ketones is 1. The number of hydrogen-bond donors (Lipinski definition) is 3. The second-order valence-electron chi connectivity index (χ2n) is 8.69. The number of hydrazine groups is 1. The summed E-state index contributed by atoms with van der Waals surface area (Å²) in [6, 6.07) is 6.35. The Kier molecular flexibility index (Phi) is 8.20. The van der Waals surface area contributed by atoms with Crippen molar-refractivity contribution in [1.29, 1.82) is 5.41 Å². The minimum absolute atomic E-state index is 0.0638. The summed E-state index contributed by atoms with van der Waals surface area (Å²) < 4.78 is 18.2. The standard InChI is InChI=1S/C23H32FN7O4/c1-28(2)22(34)19(32)23(27-29(23)3)26-14-18(20(25)35-4)21(33)31-11-5-10-30(12-13-31)15-16-6-8-17(24)9-7-16/h6-9,14,25-27H,5,10-13,15H2,1-4H3/b18-14+,25-20?. The molecule has 2 amide bonds. The van der Waals surface area contributed by atoms with Gasteiger partial charge in [0, 0.05) is 60.1 Å². The van der Waals surface area contributed by atoms with Gasteiger partial charge < -0.3 is 19.9 Å². The Morgan fingerprint density at radius 3 is 2.43 bits per heavy atom. The van der Waals surface area contributed by atoms with E-state index in [4.69, 9.17) is 10.1 Å². The van der Waals surface area contributed by atoms with Gasteiger partial charge in [0.2, 0.25) is 11.7 Å². The monoisotopic (exact) mass is 489 g/mol. The van der Waals surface area contributed by atoms with E-state index in [9.17, 15) is 18.8 Å². The van der Waals surface area contributed by atoms with Gasteiger partial charge in [-0.2, -0.15) is 5.01 Å². The molecule has 2 atom stereocenters.